The van der Waals surface area contributed by atoms with Crippen molar-refractivity contribution in [1.82, 2.24) is 9.46 Å². The molecule has 0 N–H and O–H groups in total. The molecule has 7 heteroatoms. The Morgan fingerprint density at radius 2 is 0.971 bits per heavy atom. The van der Waals surface area contributed by atoms with Crippen LogP contribution in [0.4, 0.5) is 0 Å². The Kier molecular flexibility index (Phi) is 12.7. The van der Waals surface area contributed by atoms with E-state index in [-0.39, 0.29) is 30.3 Å². The molecule has 0 amide bonds. The molecule has 2 aromatic heterocycles. The Balaban J connectivity index is 0.000000642. The summed E-state index contributed by atoms with van der Waals surface area (Å²) >= 11 is 0. The first kappa shape index (κ1) is 33.1. The van der Waals surface area contributed by atoms with Gasteiger partial charge in [0.05, 0.1) is 0 Å². The summed E-state index contributed by atoms with van der Waals surface area (Å²) < 4.78 is 1.04. The summed E-state index contributed by atoms with van der Waals surface area (Å²) in [5.41, 5.74) is 2.48. The maximum atomic E-state index is 11.6. The van der Waals surface area contributed by atoms with E-state index in [0.717, 1.165) is 24.0 Å². The largest absolute Gasteiger partial charge is 2.00 e. The molecular formula is C28H44N2O4Zn. The summed E-state index contributed by atoms with van der Waals surface area (Å²) in [6.45, 7) is 21.0. The summed E-state index contributed by atoms with van der Waals surface area (Å²) in [6.07, 6.45) is 3.40. The molecule has 2 heterocycles. The molecule has 0 aromatic carbocycles. The van der Waals surface area contributed by atoms with Crippen LogP contribution < -0.4 is 11.1 Å². The van der Waals surface area contributed by atoms with Crippen molar-refractivity contribution in [3.63, 3.8) is 0 Å². The van der Waals surface area contributed by atoms with Crippen molar-refractivity contribution in [1.29, 1.82) is 0 Å². The summed E-state index contributed by atoms with van der Waals surface area (Å²) in [5, 5.41) is 23.3. The monoisotopic (exact) mass is 536 g/mol. The number of hydrogen-bond donors (Lipinski definition) is 0. The molecule has 2 rings (SSSR count). The topological polar surface area (TPSA) is 90.1 Å². The smallest absolute Gasteiger partial charge is 0.803 e. The SMILES string of the molecule is Cc1cc(CC(C)CC(C)(C)C)n([O-])c(=O)c1.Cc1cc(CC(C)CC(C)(C)C)n([O-])c(=O)c1.[Zn+2]. The minimum atomic E-state index is -0.456. The van der Waals surface area contributed by atoms with Gasteiger partial charge in [0, 0.05) is 23.5 Å². The van der Waals surface area contributed by atoms with Crippen LogP contribution in [0.1, 0.15) is 90.7 Å². The third-order valence-corrected chi connectivity index (χ3v) is 5.45. The van der Waals surface area contributed by atoms with Gasteiger partial charge in [0.15, 0.2) is 0 Å². The summed E-state index contributed by atoms with van der Waals surface area (Å²) in [4.78, 5) is 22.8. The molecule has 0 radical (unpaired) electrons. The van der Waals surface area contributed by atoms with E-state index in [4.69, 9.17) is 0 Å². The first-order valence-electron chi connectivity index (χ1n) is 12.2. The predicted octanol–water partition coefficient (Wildman–Crippen LogP) is 6.23. The Morgan fingerprint density at radius 1 is 0.686 bits per heavy atom. The van der Waals surface area contributed by atoms with E-state index in [1.54, 1.807) is 0 Å². The van der Waals surface area contributed by atoms with E-state index < -0.39 is 11.1 Å². The maximum Gasteiger partial charge on any atom is 2.00 e. The van der Waals surface area contributed by atoms with Crippen molar-refractivity contribution in [3.05, 3.63) is 77.9 Å². The van der Waals surface area contributed by atoms with Crippen LogP contribution in [0.5, 0.6) is 0 Å². The zero-order valence-electron chi connectivity index (χ0n) is 23.5. The van der Waals surface area contributed by atoms with Gasteiger partial charge in [0.2, 0.25) is 11.1 Å². The van der Waals surface area contributed by atoms with E-state index >= 15 is 0 Å². The molecule has 2 aromatic rings. The molecule has 2 unspecified atom stereocenters. The van der Waals surface area contributed by atoms with Gasteiger partial charge in [-0.2, -0.15) is 0 Å². The maximum absolute atomic E-state index is 11.6. The zero-order valence-corrected chi connectivity index (χ0v) is 26.5. The van der Waals surface area contributed by atoms with Crippen LogP contribution in [0.15, 0.2) is 33.9 Å². The molecule has 2 atom stereocenters. The van der Waals surface area contributed by atoms with Gasteiger partial charge in [-0.1, -0.05) is 55.4 Å². The van der Waals surface area contributed by atoms with Gasteiger partial charge in [-0.25, -0.2) is 0 Å². The normalized spacial score (nSPS) is 13.3. The van der Waals surface area contributed by atoms with Gasteiger partial charge in [-0.05, 0) is 85.5 Å². The number of aryl methyl sites for hydroxylation is 2. The van der Waals surface area contributed by atoms with Crippen molar-refractivity contribution in [2.75, 3.05) is 0 Å². The van der Waals surface area contributed by atoms with Gasteiger partial charge >= 0.3 is 19.5 Å². The molecule has 0 aliphatic heterocycles. The number of hydrogen-bond acceptors (Lipinski definition) is 4. The molecule has 35 heavy (non-hydrogen) atoms. The minimum Gasteiger partial charge on any atom is -0.803 e. The Morgan fingerprint density at radius 3 is 1.23 bits per heavy atom. The molecule has 192 valence electrons. The van der Waals surface area contributed by atoms with Crippen LogP contribution in [-0.4, -0.2) is 9.46 Å². The third-order valence-electron chi connectivity index (χ3n) is 5.45. The fraction of sp³-hybridized carbons (Fsp3) is 0.643. The van der Waals surface area contributed by atoms with Gasteiger partial charge in [0.25, 0.3) is 0 Å². The van der Waals surface area contributed by atoms with Gasteiger partial charge in [-0.3, -0.25) is 9.59 Å². The predicted molar refractivity (Wildman–Crippen MR) is 142 cm³/mol. The van der Waals surface area contributed by atoms with Crippen LogP contribution in [0.2, 0.25) is 0 Å². The fourth-order valence-electron chi connectivity index (χ4n) is 4.75. The van der Waals surface area contributed by atoms with Crippen molar-refractivity contribution >= 4 is 0 Å². The van der Waals surface area contributed by atoms with E-state index in [1.165, 1.54) is 12.1 Å². The average Bonchev–Trinajstić information content (AvgIpc) is 2.60. The van der Waals surface area contributed by atoms with Crippen LogP contribution in [-0.2, 0) is 32.3 Å². The summed E-state index contributed by atoms with van der Waals surface area (Å²) in [6, 6.07) is 6.39. The first-order valence-corrected chi connectivity index (χ1v) is 12.2. The molecule has 0 spiro atoms. The Hall–Kier alpha value is -1.88. The van der Waals surface area contributed by atoms with E-state index in [2.05, 4.69) is 55.4 Å². The van der Waals surface area contributed by atoms with Crippen LogP contribution in [0, 0.1) is 46.9 Å². The van der Waals surface area contributed by atoms with E-state index in [1.807, 2.05) is 26.0 Å². The summed E-state index contributed by atoms with van der Waals surface area (Å²) in [5.74, 6) is 0.799. The van der Waals surface area contributed by atoms with Crippen molar-refractivity contribution in [2.24, 2.45) is 22.7 Å². The van der Waals surface area contributed by atoms with Crippen LogP contribution in [0.25, 0.3) is 0 Å². The number of aromatic nitrogens is 2. The summed E-state index contributed by atoms with van der Waals surface area (Å²) in [7, 11) is 0. The molecule has 0 saturated carbocycles. The molecule has 0 aliphatic carbocycles. The van der Waals surface area contributed by atoms with E-state index in [9.17, 15) is 20.0 Å². The van der Waals surface area contributed by atoms with Crippen molar-refractivity contribution < 1.29 is 19.5 Å². The van der Waals surface area contributed by atoms with Crippen LogP contribution >= 0.6 is 0 Å². The van der Waals surface area contributed by atoms with Gasteiger partial charge < -0.3 is 19.9 Å². The van der Waals surface area contributed by atoms with Crippen LogP contribution in [0.3, 0.4) is 0 Å². The number of pyridine rings is 2. The van der Waals surface area contributed by atoms with Crippen molar-refractivity contribution in [3.8, 4) is 0 Å². The standard InChI is InChI=1S/2C14H22NO2.Zn/c2*1-10-6-12(15(17)13(16)8-10)7-11(2)9-14(3,4)5;/h2*6,8,11H,7,9H2,1-5H3;/q2*-1;+2. The third kappa shape index (κ3) is 12.6. The zero-order chi connectivity index (χ0) is 26.4. The second kappa shape index (κ2) is 13.4. The average molecular weight is 538 g/mol. The van der Waals surface area contributed by atoms with Gasteiger partial charge in [0.1, 0.15) is 0 Å². The van der Waals surface area contributed by atoms with Crippen molar-refractivity contribution in [2.45, 2.75) is 94.9 Å². The molecule has 0 aliphatic rings. The Bertz CT molecular complexity index is 973. The Labute approximate surface area is 224 Å². The number of rotatable bonds is 6. The second-order valence-electron chi connectivity index (χ2n) is 12.5. The quantitative estimate of drug-likeness (QED) is 0.408. The second-order valence-corrected chi connectivity index (χ2v) is 12.5. The molecule has 0 bridgehead atoms. The van der Waals surface area contributed by atoms with E-state index in [0.29, 0.717) is 45.5 Å². The molecule has 0 fully saturated rings. The first-order chi connectivity index (χ1) is 15.4. The fourth-order valence-corrected chi connectivity index (χ4v) is 4.75. The number of nitrogens with zero attached hydrogens (tertiary/aromatic N) is 2. The molecule has 6 nitrogen and oxygen atoms in total. The molecular weight excluding hydrogens is 494 g/mol. The minimum absolute atomic E-state index is 0. The van der Waals surface area contributed by atoms with Gasteiger partial charge in [-0.15, -0.1) is 0 Å². The molecule has 0 saturated heterocycles.